The van der Waals surface area contributed by atoms with Gasteiger partial charge in [-0.05, 0) is 30.0 Å². The molecule has 2 heteroatoms. The van der Waals surface area contributed by atoms with Gasteiger partial charge in [0.2, 0.25) is 0 Å². The molecule has 5 N–H and O–H groups in total. The van der Waals surface area contributed by atoms with Crippen LogP contribution in [0.4, 0.5) is 5.69 Å². The van der Waals surface area contributed by atoms with E-state index in [4.69, 9.17) is 5.73 Å². The number of nitrogen functional groups attached to an aromatic ring is 1. The maximum atomic E-state index is 5.81. The molecule has 0 heterocycles. The summed E-state index contributed by atoms with van der Waals surface area (Å²) in [5.41, 5.74) is 9.44. The molecule has 0 aromatic heterocycles. The first-order chi connectivity index (χ1) is 5.29. The molecule has 0 amide bonds. The van der Waals surface area contributed by atoms with Crippen LogP contribution in [0.1, 0.15) is 25.0 Å². The van der Waals surface area contributed by atoms with E-state index in [2.05, 4.69) is 19.9 Å². The van der Waals surface area contributed by atoms with Gasteiger partial charge < -0.3 is 11.9 Å². The van der Waals surface area contributed by atoms with Crippen LogP contribution in [-0.2, 0) is 12.8 Å². The van der Waals surface area contributed by atoms with Crippen LogP contribution in [0.5, 0.6) is 0 Å². The first-order valence-electron chi connectivity index (χ1n) is 4.15. The molecular formula is C10H18N2. The van der Waals surface area contributed by atoms with Gasteiger partial charge in [0.15, 0.2) is 0 Å². The van der Waals surface area contributed by atoms with E-state index >= 15 is 0 Å². The summed E-state index contributed by atoms with van der Waals surface area (Å²) >= 11 is 0. The lowest BCUT2D eigenvalue weighted by Gasteiger charge is -2.07. The van der Waals surface area contributed by atoms with E-state index in [0.29, 0.717) is 0 Å². The number of hydrogen-bond donors (Lipinski definition) is 2. The van der Waals surface area contributed by atoms with Gasteiger partial charge >= 0.3 is 0 Å². The van der Waals surface area contributed by atoms with Crippen LogP contribution in [-0.4, -0.2) is 0 Å². The molecule has 0 radical (unpaired) electrons. The smallest absolute Gasteiger partial charge is 0.0349 e. The topological polar surface area (TPSA) is 61.0 Å². The minimum absolute atomic E-state index is 0. The van der Waals surface area contributed by atoms with Crippen LogP contribution in [0, 0.1) is 0 Å². The quantitative estimate of drug-likeness (QED) is 0.663. The van der Waals surface area contributed by atoms with Crippen molar-refractivity contribution in [2.45, 2.75) is 26.7 Å². The normalized spacial score (nSPS) is 9.17. The Bertz CT molecular complexity index is 244. The Kier molecular flexibility index (Phi) is 4.37. The van der Waals surface area contributed by atoms with Gasteiger partial charge in [0.1, 0.15) is 0 Å². The molecule has 0 fully saturated rings. The predicted octanol–water partition coefficient (Wildman–Crippen LogP) is 2.56. The zero-order valence-corrected chi connectivity index (χ0v) is 7.93. The van der Waals surface area contributed by atoms with Crippen molar-refractivity contribution >= 4 is 5.69 Å². The Morgan fingerprint density at radius 2 is 1.83 bits per heavy atom. The maximum Gasteiger partial charge on any atom is 0.0349 e. The molecule has 1 aromatic rings. The number of rotatable bonds is 2. The van der Waals surface area contributed by atoms with Gasteiger partial charge in [-0.2, -0.15) is 0 Å². The number of aryl methyl sites for hydroxylation is 1. The molecule has 1 aromatic carbocycles. The van der Waals surface area contributed by atoms with Crippen molar-refractivity contribution in [2.24, 2.45) is 0 Å². The van der Waals surface area contributed by atoms with Crippen LogP contribution in [0.3, 0.4) is 0 Å². The van der Waals surface area contributed by atoms with E-state index < -0.39 is 0 Å². The van der Waals surface area contributed by atoms with Gasteiger partial charge in [-0.25, -0.2) is 0 Å². The van der Waals surface area contributed by atoms with Crippen molar-refractivity contribution in [3.8, 4) is 0 Å². The molecule has 0 aliphatic heterocycles. The van der Waals surface area contributed by atoms with E-state index in [1.165, 1.54) is 11.1 Å². The molecule has 0 aliphatic rings. The molecule has 0 saturated heterocycles. The van der Waals surface area contributed by atoms with Gasteiger partial charge in [0, 0.05) is 5.69 Å². The summed E-state index contributed by atoms with van der Waals surface area (Å²) in [7, 11) is 0. The Hall–Kier alpha value is -1.02. The van der Waals surface area contributed by atoms with Crippen LogP contribution in [0.2, 0.25) is 0 Å². The van der Waals surface area contributed by atoms with Crippen LogP contribution < -0.4 is 11.9 Å². The Balaban J connectivity index is 0.00000121. The fourth-order valence-electron chi connectivity index (χ4n) is 1.42. The van der Waals surface area contributed by atoms with E-state index in [1.54, 1.807) is 0 Å². The minimum atomic E-state index is 0. The molecule has 68 valence electrons. The fraction of sp³-hybridized carbons (Fsp3) is 0.400. The molecule has 12 heavy (non-hydrogen) atoms. The van der Waals surface area contributed by atoms with Crippen molar-refractivity contribution in [2.75, 3.05) is 5.73 Å². The van der Waals surface area contributed by atoms with Crippen molar-refractivity contribution < 1.29 is 0 Å². The second kappa shape index (κ2) is 4.78. The summed E-state index contributed by atoms with van der Waals surface area (Å²) in [5.74, 6) is 0. The summed E-state index contributed by atoms with van der Waals surface area (Å²) in [4.78, 5) is 0. The van der Waals surface area contributed by atoms with Crippen LogP contribution in [0.15, 0.2) is 18.2 Å². The van der Waals surface area contributed by atoms with Gasteiger partial charge in [-0.15, -0.1) is 0 Å². The Labute approximate surface area is 74.4 Å². The van der Waals surface area contributed by atoms with Gasteiger partial charge in [0.05, 0.1) is 0 Å². The molecule has 2 nitrogen and oxygen atoms in total. The second-order valence-corrected chi connectivity index (χ2v) is 2.69. The van der Waals surface area contributed by atoms with E-state index in [0.717, 1.165) is 18.5 Å². The first kappa shape index (κ1) is 11.0. The highest BCUT2D eigenvalue weighted by atomic mass is 14.6. The maximum absolute atomic E-state index is 5.81. The Morgan fingerprint density at radius 3 is 2.25 bits per heavy atom. The Morgan fingerprint density at radius 1 is 1.17 bits per heavy atom. The summed E-state index contributed by atoms with van der Waals surface area (Å²) in [6.07, 6.45) is 2.12. The third-order valence-corrected chi connectivity index (χ3v) is 2.04. The SMILES string of the molecule is CCc1cccc(N)c1CC.N. The highest BCUT2D eigenvalue weighted by Crippen LogP contribution is 2.17. The third-order valence-electron chi connectivity index (χ3n) is 2.04. The van der Waals surface area contributed by atoms with Gasteiger partial charge in [-0.3, -0.25) is 0 Å². The zero-order chi connectivity index (χ0) is 8.27. The predicted molar refractivity (Wildman–Crippen MR) is 54.6 cm³/mol. The standard InChI is InChI=1S/C10H15N.H3N/c1-3-8-6-5-7-10(11)9(8)4-2;/h5-7H,3-4,11H2,1-2H3;1H3. The average Bonchev–Trinajstić information content (AvgIpc) is 2.04. The van der Waals surface area contributed by atoms with Crippen LogP contribution in [0.25, 0.3) is 0 Å². The molecular weight excluding hydrogens is 148 g/mol. The molecule has 0 aliphatic carbocycles. The summed E-state index contributed by atoms with van der Waals surface area (Å²) < 4.78 is 0. The molecule has 0 atom stereocenters. The highest BCUT2D eigenvalue weighted by molar-refractivity contribution is 5.50. The monoisotopic (exact) mass is 166 g/mol. The lowest BCUT2D eigenvalue weighted by molar-refractivity contribution is 1.04. The molecule has 0 bridgehead atoms. The van der Waals surface area contributed by atoms with Crippen molar-refractivity contribution in [1.29, 1.82) is 0 Å². The lowest BCUT2D eigenvalue weighted by Crippen LogP contribution is -1.97. The van der Waals surface area contributed by atoms with Crippen molar-refractivity contribution in [3.05, 3.63) is 29.3 Å². The molecule has 0 saturated carbocycles. The van der Waals surface area contributed by atoms with Gasteiger partial charge in [-0.1, -0.05) is 26.0 Å². The summed E-state index contributed by atoms with van der Waals surface area (Å²) in [5, 5.41) is 0. The fourth-order valence-corrected chi connectivity index (χ4v) is 1.42. The molecule has 1 rings (SSSR count). The number of hydrogen-bond acceptors (Lipinski definition) is 2. The van der Waals surface area contributed by atoms with Crippen molar-refractivity contribution in [3.63, 3.8) is 0 Å². The average molecular weight is 166 g/mol. The zero-order valence-electron chi connectivity index (χ0n) is 7.93. The second-order valence-electron chi connectivity index (χ2n) is 2.69. The van der Waals surface area contributed by atoms with E-state index in [-0.39, 0.29) is 6.15 Å². The van der Waals surface area contributed by atoms with E-state index in [9.17, 15) is 0 Å². The largest absolute Gasteiger partial charge is 0.398 e. The van der Waals surface area contributed by atoms with Crippen molar-refractivity contribution in [1.82, 2.24) is 6.15 Å². The lowest BCUT2D eigenvalue weighted by atomic mass is 10.0. The molecule has 0 unspecified atom stereocenters. The van der Waals surface area contributed by atoms with Gasteiger partial charge in [0.25, 0.3) is 0 Å². The minimum Gasteiger partial charge on any atom is -0.398 e. The molecule has 0 spiro atoms. The number of anilines is 1. The first-order valence-corrected chi connectivity index (χ1v) is 4.15. The highest BCUT2D eigenvalue weighted by Gasteiger charge is 2.00. The summed E-state index contributed by atoms with van der Waals surface area (Å²) in [6.45, 7) is 4.30. The third kappa shape index (κ3) is 1.98. The number of benzene rings is 1. The summed E-state index contributed by atoms with van der Waals surface area (Å²) in [6, 6.07) is 6.14. The van der Waals surface area contributed by atoms with Crippen LogP contribution >= 0.6 is 0 Å². The van der Waals surface area contributed by atoms with E-state index in [1.807, 2.05) is 12.1 Å². The number of nitrogens with two attached hydrogens (primary N) is 1.